The van der Waals surface area contributed by atoms with E-state index in [-0.39, 0.29) is 0 Å². The van der Waals surface area contributed by atoms with Gasteiger partial charge in [-0.25, -0.2) is 14.6 Å². The average Bonchev–Trinajstić information content (AvgIpc) is 3.18. The lowest BCUT2D eigenvalue weighted by Gasteiger charge is -2.06. The number of hydrogen-bond acceptors (Lipinski definition) is 5. The predicted molar refractivity (Wildman–Crippen MR) is 84.4 cm³/mol. The quantitative estimate of drug-likeness (QED) is 0.760. The monoisotopic (exact) mass is 299 g/mol. The Balaban J connectivity index is 1.56. The zero-order chi connectivity index (χ0) is 14.5. The fourth-order valence-electron chi connectivity index (χ4n) is 2.01. The van der Waals surface area contributed by atoms with Gasteiger partial charge in [-0.2, -0.15) is 5.10 Å². The van der Waals surface area contributed by atoms with Crippen molar-refractivity contribution in [1.29, 1.82) is 0 Å². The Bertz CT molecular complexity index is 672. The minimum absolute atomic E-state index is 0.745. The normalized spacial score (nSPS) is 10.7. The zero-order valence-electron chi connectivity index (χ0n) is 11.9. The van der Waals surface area contributed by atoms with Crippen molar-refractivity contribution < 1.29 is 0 Å². The lowest BCUT2D eigenvalue weighted by Crippen LogP contribution is -2.01. The summed E-state index contributed by atoms with van der Waals surface area (Å²) in [5, 5.41) is 8.71. The molecule has 0 saturated carbocycles. The van der Waals surface area contributed by atoms with Gasteiger partial charge < -0.3 is 5.32 Å². The summed E-state index contributed by atoms with van der Waals surface area (Å²) in [5.41, 5.74) is 2.32. The number of hydrogen-bond donors (Lipinski definition) is 1. The second-order valence-corrected chi connectivity index (χ2v) is 5.92. The molecular weight excluding hydrogens is 282 g/mol. The molecule has 0 aliphatic carbocycles. The van der Waals surface area contributed by atoms with E-state index in [9.17, 15) is 0 Å². The molecule has 3 rings (SSSR count). The first-order valence-corrected chi connectivity index (χ1v) is 7.74. The molecule has 0 radical (unpaired) electrons. The summed E-state index contributed by atoms with van der Waals surface area (Å²) in [6.07, 6.45) is 6.23. The molecule has 0 saturated heterocycles. The molecule has 0 atom stereocenters. The van der Waals surface area contributed by atoms with Crippen LogP contribution >= 0.6 is 11.3 Å². The minimum atomic E-state index is 0.745. The van der Waals surface area contributed by atoms with Crippen LogP contribution < -0.4 is 5.32 Å². The molecule has 0 bridgehead atoms. The van der Waals surface area contributed by atoms with Gasteiger partial charge in [-0.15, -0.1) is 11.3 Å². The number of benzene rings is 1. The van der Waals surface area contributed by atoms with E-state index in [2.05, 4.69) is 51.6 Å². The number of anilines is 1. The van der Waals surface area contributed by atoms with Gasteiger partial charge in [0, 0.05) is 16.8 Å². The van der Waals surface area contributed by atoms with Crippen molar-refractivity contribution >= 4 is 17.0 Å². The van der Waals surface area contributed by atoms with Gasteiger partial charge in [0.15, 0.2) is 0 Å². The number of nitrogens with zero attached hydrogens (tertiary/aromatic N) is 4. The Morgan fingerprint density at radius 3 is 2.76 bits per heavy atom. The Morgan fingerprint density at radius 1 is 1.24 bits per heavy atom. The second-order valence-electron chi connectivity index (χ2n) is 4.72. The lowest BCUT2D eigenvalue weighted by molar-refractivity contribution is 0.685. The Hall–Kier alpha value is -2.21. The fraction of sp³-hybridized carbons (Fsp3) is 0.267. The second kappa shape index (κ2) is 6.49. The maximum absolute atomic E-state index is 4.37. The van der Waals surface area contributed by atoms with Crippen LogP contribution in [0.2, 0.25) is 0 Å². The number of thiazole rings is 1. The SMILES string of the molecule is CCc1ncc(CNc2ccc(Cn3cncn3)cc2)s1. The maximum Gasteiger partial charge on any atom is 0.137 e. The van der Waals surface area contributed by atoms with E-state index in [0.717, 1.165) is 25.2 Å². The maximum atomic E-state index is 4.37. The highest BCUT2D eigenvalue weighted by Crippen LogP contribution is 2.16. The van der Waals surface area contributed by atoms with Crippen LogP contribution in [0.3, 0.4) is 0 Å². The third-order valence-corrected chi connectivity index (χ3v) is 4.28. The van der Waals surface area contributed by atoms with Gasteiger partial charge in [-0.1, -0.05) is 19.1 Å². The molecule has 108 valence electrons. The van der Waals surface area contributed by atoms with Crippen LogP contribution in [0.15, 0.2) is 43.1 Å². The summed E-state index contributed by atoms with van der Waals surface area (Å²) in [4.78, 5) is 9.57. The molecule has 1 N–H and O–H groups in total. The fourth-order valence-corrected chi connectivity index (χ4v) is 2.81. The van der Waals surface area contributed by atoms with E-state index in [1.54, 1.807) is 24.0 Å². The van der Waals surface area contributed by atoms with E-state index in [1.807, 2.05) is 10.9 Å². The van der Waals surface area contributed by atoms with Crippen molar-refractivity contribution in [3.05, 3.63) is 58.6 Å². The van der Waals surface area contributed by atoms with Crippen LogP contribution in [0.5, 0.6) is 0 Å². The third-order valence-electron chi connectivity index (χ3n) is 3.14. The predicted octanol–water partition coefficient (Wildman–Crippen LogP) is 2.96. The van der Waals surface area contributed by atoms with Gasteiger partial charge in [-0.3, -0.25) is 0 Å². The molecule has 5 nitrogen and oxygen atoms in total. The number of aryl methyl sites for hydroxylation is 1. The molecular formula is C15H17N5S. The average molecular weight is 299 g/mol. The number of rotatable bonds is 6. The minimum Gasteiger partial charge on any atom is -0.380 e. The lowest BCUT2D eigenvalue weighted by atomic mass is 10.2. The molecule has 0 spiro atoms. The largest absolute Gasteiger partial charge is 0.380 e. The van der Waals surface area contributed by atoms with Crippen LogP contribution in [0.4, 0.5) is 5.69 Å². The van der Waals surface area contributed by atoms with Gasteiger partial charge in [-0.05, 0) is 24.1 Å². The molecule has 0 unspecified atom stereocenters. The van der Waals surface area contributed by atoms with Crippen molar-refractivity contribution in [2.45, 2.75) is 26.4 Å². The first-order valence-electron chi connectivity index (χ1n) is 6.92. The van der Waals surface area contributed by atoms with Crippen molar-refractivity contribution in [3.63, 3.8) is 0 Å². The van der Waals surface area contributed by atoms with E-state index in [4.69, 9.17) is 0 Å². The molecule has 0 amide bonds. The highest BCUT2D eigenvalue weighted by Gasteiger charge is 2.01. The summed E-state index contributed by atoms with van der Waals surface area (Å²) in [7, 11) is 0. The number of nitrogens with one attached hydrogen (secondary N) is 1. The third kappa shape index (κ3) is 3.66. The molecule has 2 aromatic heterocycles. The van der Waals surface area contributed by atoms with E-state index < -0.39 is 0 Å². The van der Waals surface area contributed by atoms with E-state index in [1.165, 1.54) is 15.4 Å². The first kappa shape index (κ1) is 13.8. The summed E-state index contributed by atoms with van der Waals surface area (Å²) in [5.74, 6) is 0. The molecule has 3 aromatic rings. The van der Waals surface area contributed by atoms with Crippen LogP contribution in [0.1, 0.15) is 22.4 Å². The molecule has 1 aromatic carbocycles. The van der Waals surface area contributed by atoms with Crippen molar-refractivity contribution in [2.75, 3.05) is 5.32 Å². The van der Waals surface area contributed by atoms with Gasteiger partial charge in [0.2, 0.25) is 0 Å². The zero-order valence-corrected chi connectivity index (χ0v) is 12.7. The smallest absolute Gasteiger partial charge is 0.137 e. The molecule has 0 fully saturated rings. The van der Waals surface area contributed by atoms with Crippen LogP contribution in [-0.4, -0.2) is 19.7 Å². The molecule has 0 aliphatic rings. The van der Waals surface area contributed by atoms with E-state index in [0.29, 0.717) is 0 Å². The molecule has 6 heteroatoms. The Morgan fingerprint density at radius 2 is 2.10 bits per heavy atom. The highest BCUT2D eigenvalue weighted by atomic mass is 32.1. The molecule has 2 heterocycles. The van der Waals surface area contributed by atoms with Gasteiger partial charge in [0.1, 0.15) is 12.7 Å². The van der Waals surface area contributed by atoms with Crippen molar-refractivity contribution in [1.82, 2.24) is 19.7 Å². The molecule has 0 aliphatic heterocycles. The Labute approximate surface area is 127 Å². The van der Waals surface area contributed by atoms with Gasteiger partial charge in [0.25, 0.3) is 0 Å². The van der Waals surface area contributed by atoms with E-state index >= 15 is 0 Å². The van der Waals surface area contributed by atoms with Crippen molar-refractivity contribution in [3.8, 4) is 0 Å². The highest BCUT2D eigenvalue weighted by molar-refractivity contribution is 7.11. The summed E-state index contributed by atoms with van der Waals surface area (Å²) in [6.45, 7) is 3.69. The van der Waals surface area contributed by atoms with Crippen LogP contribution in [0.25, 0.3) is 0 Å². The molecule has 21 heavy (non-hydrogen) atoms. The summed E-state index contributed by atoms with van der Waals surface area (Å²) >= 11 is 1.77. The number of aromatic nitrogens is 4. The Kier molecular flexibility index (Phi) is 4.25. The van der Waals surface area contributed by atoms with Crippen LogP contribution in [0, 0.1) is 0 Å². The summed E-state index contributed by atoms with van der Waals surface area (Å²) in [6, 6.07) is 8.39. The first-order chi connectivity index (χ1) is 10.3. The van der Waals surface area contributed by atoms with Crippen LogP contribution in [-0.2, 0) is 19.5 Å². The summed E-state index contributed by atoms with van der Waals surface area (Å²) < 4.78 is 1.81. The standard InChI is InChI=1S/C15H17N5S/c1-2-15-18-8-14(21-15)7-17-13-5-3-12(4-6-13)9-20-11-16-10-19-20/h3-6,8,10-11,17H,2,7,9H2,1H3. The topological polar surface area (TPSA) is 55.6 Å². The van der Waals surface area contributed by atoms with Gasteiger partial charge >= 0.3 is 0 Å². The van der Waals surface area contributed by atoms with Gasteiger partial charge in [0.05, 0.1) is 18.1 Å². The van der Waals surface area contributed by atoms with Crippen molar-refractivity contribution in [2.24, 2.45) is 0 Å².